The van der Waals surface area contributed by atoms with Crippen molar-refractivity contribution in [3.63, 3.8) is 0 Å². The molecule has 150 valence electrons. The van der Waals surface area contributed by atoms with Gasteiger partial charge >= 0.3 is 5.97 Å². The summed E-state index contributed by atoms with van der Waals surface area (Å²) in [5.74, 6) is -9.28. The minimum Gasteiger partial charge on any atom is -0.493 e. The number of aromatic carboxylic acids is 1. The molecule has 0 saturated heterocycles. The smallest absolute Gasteiger partial charge is 0.346 e. The molecule has 1 amide bonds. The fourth-order valence-corrected chi connectivity index (χ4v) is 3.43. The lowest BCUT2D eigenvalue weighted by Crippen LogP contribution is -2.26. The molecule has 0 bridgehead atoms. The number of anilines is 1. The van der Waals surface area contributed by atoms with Crippen molar-refractivity contribution >= 4 is 28.9 Å². The molecule has 0 unspecified atom stereocenters. The molecule has 1 N–H and O–H groups in total. The van der Waals surface area contributed by atoms with Gasteiger partial charge < -0.3 is 9.84 Å². The molecular formula is C19H11F4NO4S. The lowest BCUT2D eigenvalue weighted by molar-refractivity contribution is 0.0696. The number of benzene rings is 2. The molecule has 0 aliphatic carbocycles. The first-order valence-corrected chi connectivity index (χ1v) is 8.78. The van der Waals surface area contributed by atoms with Gasteiger partial charge in [-0.1, -0.05) is 34.8 Å². The Morgan fingerprint density at radius 2 is 1.69 bits per heavy atom. The van der Waals surface area contributed by atoms with E-state index in [1.54, 1.807) is 6.07 Å². The molecule has 0 saturated carbocycles. The number of carbonyl (C=O) groups is 2. The van der Waals surface area contributed by atoms with E-state index in [1.165, 1.54) is 29.6 Å². The van der Waals surface area contributed by atoms with E-state index in [0.717, 1.165) is 13.2 Å². The number of methoxy groups -OCH3 is 1. The van der Waals surface area contributed by atoms with Gasteiger partial charge in [0, 0.05) is 0 Å². The van der Waals surface area contributed by atoms with E-state index >= 15 is 0 Å². The van der Waals surface area contributed by atoms with E-state index in [1.807, 2.05) is 0 Å². The maximum absolute atomic E-state index is 14.9. The second-order valence-corrected chi connectivity index (χ2v) is 6.54. The van der Waals surface area contributed by atoms with Crippen LogP contribution in [0, 0.1) is 17.5 Å². The number of ether oxygens (including phenoxy) is 1. The number of carbonyl (C=O) groups excluding carboxylic acids is 1. The van der Waals surface area contributed by atoms with E-state index in [2.05, 4.69) is 0 Å². The predicted octanol–water partition coefficient (Wildman–Crippen LogP) is 5.07. The van der Waals surface area contributed by atoms with Crippen molar-refractivity contribution in [3.05, 3.63) is 69.7 Å². The molecule has 29 heavy (non-hydrogen) atoms. The Morgan fingerprint density at radius 3 is 2.28 bits per heavy atom. The number of hydrogen-bond donors (Lipinski definition) is 1. The van der Waals surface area contributed by atoms with Gasteiger partial charge in [0.1, 0.15) is 4.88 Å². The van der Waals surface area contributed by atoms with Gasteiger partial charge in [-0.05, 0) is 17.0 Å². The number of halogens is 4. The van der Waals surface area contributed by atoms with Crippen molar-refractivity contribution in [2.45, 2.75) is 0 Å². The highest BCUT2D eigenvalue weighted by atomic mass is 32.1. The molecule has 3 aromatic rings. The number of thiophene rings is 1. The zero-order valence-corrected chi connectivity index (χ0v) is 15.4. The summed E-state index contributed by atoms with van der Waals surface area (Å²) in [6.45, 7) is 0. The second kappa shape index (κ2) is 7.92. The first-order valence-electron chi connectivity index (χ1n) is 7.90. The average molecular weight is 425 g/mol. The highest BCUT2D eigenvalue weighted by molar-refractivity contribution is 7.12. The van der Waals surface area contributed by atoms with E-state index in [4.69, 9.17) is 9.84 Å². The Balaban J connectivity index is 2.18. The van der Waals surface area contributed by atoms with Crippen LogP contribution in [0.5, 0.6) is 5.75 Å². The van der Waals surface area contributed by atoms with Gasteiger partial charge in [-0.25, -0.2) is 18.0 Å². The average Bonchev–Trinajstić information content (AvgIpc) is 3.20. The van der Waals surface area contributed by atoms with Crippen LogP contribution in [0.3, 0.4) is 0 Å². The third-order valence-corrected chi connectivity index (χ3v) is 4.89. The molecule has 0 spiro atoms. The van der Waals surface area contributed by atoms with E-state index in [-0.39, 0.29) is 5.56 Å². The summed E-state index contributed by atoms with van der Waals surface area (Å²) in [6, 6.07) is 8.28. The zero-order valence-electron chi connectivity index (χ0n) is 14.6. The van der Waals surface area contributed by atoms with Gasteiger partial charge in [0.25, 0.3) is 5.91 Å². The monoisotopic (exact) mass is 425 g/mol. The molecule has 10 heteroatoms. The van der Waals surface area contributed by atoms with Crippen molar-refractivity contribution in [2.75, 3.05) is 12.2 Å². The fourth-order valence-electron chi connectivity index (χ4n) is 2.70. The predicted molar refractivity (Wildman–Crippen MR) is 97.5 cm³/mol. The SMILES string of the molecule is COc1c(F)c(N(F)C(=O)c2ccsc2C(=O)O)c(F)c(F)c1-c1ccccc1. The zero-order chi connectivity index (χ0) is 21.3. The minimum absolute atomic E-state index is 0.0638. The molecule has 2 aromatic carbocycles. The summed E-state index contributed by atoms with van der Waals surface area (Å²) >= 11 is 0.618. The first-order chi connectivity index (χ1) is 13.8. The number of carboxylic acids is 1. The quantitative estimate of drug-likeness (QED) is 0.352. The highest BCUT2D eigenvalue weighted by Crippen LogP contribution is 2.42. The molecule has 0 aliphatic rings. The van der Waals surface area contributed by atoms with Crippen LogP contribution in [0.2, 0.25) is 0 Å². The molecule has 0 fully saturated rings. The number of rotatable bonds is 5. The Kier molecular flexibility index (Phi) is 5.55. The van der Waals surface area contributed by atoms with Gasteiger partial charge in [0.15, 0.2) is 28.9 Å². The number of hydrogen-bond acceptors (Lipinski definition) is 4. The van der Waals surface area contributed by atoms with Crippen LogP contribution in [-0.4, -0.2) is 24.1 Å². The number of amides is 1. The molecule has 3 rings (SSSR count). The molecule has 1 heterocycles. The Hall–Kier alpha value is -3.40. The molecular weight excluding hydrogens is 414 g/mol. The lowest BCUT2D eigenvalue weighted by Gasteiger charge is -2.19. The standard InChI is InChI=1S/C19H11F4NO4S/c1-28-16-11(9-5-3-2-4-6-9)12(20)13(21)15(14(16)22)24(23)18(25)10-7-8-29-17(10)19(26)27/h2-8H,1H3,(H,26,27). The van der Waals surface area contributed by atoms with E-state index in [0.29, 0.717) is 11.3 Å². The molecule has 5 nitrogen and oxygen atoms in total. The maximum atomic E-state index is 14.9. The Labute approximate surface area is 165 Å². The minimum atomic E-state index is -1.97. The van der Waals surface area contributed by atoms with Crippen LogP contribution < -0.4 is 9.86 Å². The Morgan fingerprint density at radius 1 is 1.03 bits per heavy atom. The van der Waals surface area contributed by atoms with Crippen molar-refractivity contribution in [1.29, 1.82) is 0 Å². The van der Waals surface area contributed by atoms with Crippen LogP contribution >= 0.6 is 11.3 Å². The lowest BCUT2D eigenvalue weighted by atomic mass is 10.0. The van der Waals surface area contributed by atoms with Crippen LogP contribution in [0.15, 0.2) is 41.8 Å². The summed E-state index contributed by atoms with van der Waals surface area (Å²) < 4.78 is 63.7. The molecule has 1 aromatic heterocycles. The fraction of sp³-hybridized carbons (Fsp3) is 0.0526. The van der Waals surface area contributed by atoms with Crippen LogP contribution in [0.1, 0.15) is 20.0 Å². The van der Waals surface area contributed by atoms with Crippen LogP contribution in [-0.2, 0) is 0 Å². The third kappa shape index (κ3) is 3.42. The van der Waals surface area contributed by atoms with E-state index < -0.39 is 61.9 Å². The van der Waals surface area contributed by atoms with Gasteiger partial charge in [0.2, 0.25) is 0 Å². The van der Waals surface area contributed by atoms with Crippen molar-refractivity contribution < 1.29 is 37.1 Å². The normalized spacial score (nSPS) is 10.7. The summed E-state index contributed by atoms with van der Waals surface area (Å²) in [4.78, 5) is 22.9. The largest absolute Gasteiger partial charge is 0.493 e. The first kappa shape index (κ1) is 20.3. The number of nitrogens with zero attached hydrogens (tertiary/aromatic N) is 1. The summed E-state index contributed by atoms with van der Waals surface area (Å²) in [5, 5.41) is 9.26. The van der Waals surface area contributed by atoms with E-state index in [9.17, 15) is 27.2 Å². The molecule has 0 radical (unpaired) electrons. The van der Waals surface area contributed by atoms with Gasteiger partial charge in [-0.2, -0.15) is 0 Å². The number of carboxylic acid groups (broad SMARTS) is 1. The van der Waals surface area contributed by atoms with Crippen molar-refractivity contribution in [2.24, 2.45) is 0 Å². The van der Waals surface area contributed by atoms with Gasteiger partial charge in [-0.15, -0.1) is 16.5 Å². The van der Waals surface area contributed by atoms with Crippen LogP contribution in [0.4, 0.5) is 23.3 Å². The second-order valence-electron chi connectivity index (χ2n) is 5.62. The molecule has 0 aliphatic heterocycles. The van der Waals surface area contributed by atoms with Crippen molar-refractivity contribution in [1.82, 2.24) is 0 Å². The van der Waals surface area contributed by atoms with Gasteiger partial charge in [0.05, 0.1) is 18.2 Å². The summed E-state index contributed by atoms with van der Waals surface area (Å²) in [6.07, 6.45) is 0. The highest BCUT2D eigenvalue weighted by Gasteiger charge is 2.34. The molecule has 0 atom stereocenters. The topological polar surface area (TPSA) is 66.8 Å². The summed E-state index contributed by atoms with van der Waals surface area (Å²) in [7, 11) is 0.970. The van der Waals surface area contributed by atoms with Crippen molar-refractivity contribution in [3.8, 4) is 16.9 Å². The maximum Gasteiger partial charge on any atom is 0.346 e. The third-order valence-electron chi connectivity index (χ3n) is 3.99. The summed E-state index contributed by atoms with van der Waals surface area (Å²) in [5.41, 5.74) is -2.81. The van der Waals surface area contributed by atoms with Gasteiger partial charge in [-0.3, -0.25) is 4.79 Å². The Bertz CT molecular complexity index is 1100. The van der Waals surface area contributed by atoms with Crippen LogP contribution in [0.25, 0.3) is 11.1 Å².